The first-order valence-electron chi connectivity index (χ1n) is 5.60. The molecule has 2 rings (SSSR count). The Labute approximate surface area is 109 Å². The summed E-state index contributed by atoms with van der Waals surface area (Å²) >= 11 is 0. The molecule has 0 atom stereocenters. The molecule has 0 aliphatic rings. The van der Waals surface area contributed by atoms with Gasteiger partial charge in [0.05, 0.1) is 13.3 Å². The Morgan fingerprint density at radius 1 is 1.32 bits per heavy atom. The SMILES string of the molecule is COc1cccc(COc2ccc(C=O)nc2)c1F. The van der Waals surface area contributed by atoms with Crippen LogP contribution < -0.4 is 9.47 Å². The van der Waals surface area contributed by atoms with Crippen molar-refractivity contribution in [3.63, 3.8) is 0 Å². The van der Waals surface area contributed by atoms with Gasteiger partial charge in [0.2, 0.25) is 0 Å². The van der Waals surface area contributed by atoms with Gasteiger partial charge in [0.1, 0.15) is 18.1 Å². The molecule has 0 N–H and O–H groups in total. The molecule has 98 valence electrons. The monoisotopic (exact) mass is 261 g/mol. The number of aldehydes is 1. The van der Waals surface area contributed by atoms with Gasteiger partial charge >= 0.3 is 0 Å². The fourth-order valence-corrected chi connectivity index (χ4v) is 1.53. The zero-order chi connectivity index (χ0) is 13.7. The number of hydrogen-bond acceptors (Lipinski definition) is 4. The van der Waals surface area contributed by atoms with Crippen LogP contribution in [0.2, 0.25) is 0 Å². The highest BCUT2D eigenvalue weighted by molar-refractivity contribution is 5.71. The van der Waals surface area contributed by atoms with Gasteiger partial charge < -0.3 is 9.47 Å². The predicted octanol–water partition coefficient (Wildman–Crippen LogP) is 2.62. The molecule has 0 bridgehead atoms. The molecule has 2 aromatic rings. The molecular weight excluding hydrogens is 249 g/mol. The number of rotatable bonds is 5. The fraction of sp³-hybridized carbons (Fsp3) is 0.143. The van der Waals surface area contributed by atoms with Gasteiger partial charge in [0.25, 0.3) is 0 Å². The van der Waals surface area contributed by atoms with E-state index in [9.17, 15) is 9.18 Å². The Morgan fingerprint density at radius 2 is 2.16 bits per heavy atom. The molecule has 0 amide bonds. The minimum Gasteiger partial charge on any atom is -0.494 e. The molecule has 0 unspecified atom stereocenters. The molecule has 0 saturated heterocycles. The van der Waals surface area contributed by atoms with Crippen LogP contribution in [0.1, 0.15) is 16.1 Å². The zero-order valence-electron chi connectivity index (χ0n) is 10.3. The summed E-state index contributed by atoms with van der Waals surface area (Å²) in [6.45, 7) is 0.0607. The number of aromatic nitrogens is 1. The second-order valence-corrected chi connectivity index (χ2v) is 3.76. The quantitative estimate of drug-likeness (QED) is 0.776. The third kappa shape index (κ3) is 3.07. The van der Waals surface area contributed by atoms with Crippen molar-refractivity contribution in [3.8, 4) is 11.5 Å². The van der Waals surface area contributed by atoms with E-state index in [1.807, 2.05) is 0 Å². The standard InChI is InChI=1S/C14H12FNO3/c1-18-13-4-2-3-10(14(13)15)9-19-12-6-5-11(8-17)16-7-12/h2-8H,9H2,1H3. The van der Waals surface area contributed by atoms with Gasteiger partial charge in [-0.1, -0.05) is 12.1 Å². The zero-order valence-corrected chi connectivity index (χ0v) is 10.3. The van der Waals surface area contributed by atoms with E-state index in [0.717, 1.165) is 0 Å². The summed E-state index contributed by atoms with van der Waals surface area (Å²) in [6.07, 6.45) is 2.06. The predicted molar refractivity (Wildman–Crippen MR) is 66.9 cm³/mol. The average molecular weight is 261 g/mol. The van der Waals surface area contributed by atoms with Crippen LogP contribution in [0.25, 0.3) is 0 Å². The van der Waals surface area contributed by atoms with Gasteiger partial charge in [0.15, 0.2) is 17.9 Å². The summed E-state index contributed by atoms with van der Waals surface area (Å²) < 4.78 is 24.1. The van der Waals surface area contributed by atoms with Gasteiger partial charge in [-0.15, -0.1) is 0 Å². The topological polar surface area (TPSA) is 48.4 Å². The van der Waals surface area contributed by atoms with Crippen molar-refractivity contribution in [1.82, 2.24) is 4.98 Å². The number of ether oxygens (including phenoxy) is 2. The minimum absolute atomic E-state index is 0.0607. The van der Waals surface area contributed by atoms with Crippen LogP contribution in [0.5, 0.6) is 11.5 Å². The smallest absolute Gasteiger partial charge is 0.171 e. The van der Waals surface area contributed by atoms with E-state index in [-0.39, 0.29) is 12.4 Å². The van der Waals surface area contributed by atoms with Gasteiger partial charge in [-0.05, 0) is 18.2 Å². The molecule has 0 aliphatic carbocycles. The van der Waals surface area contributed by atoms with Gasteiger partial charge in [0, 0.05) is 5.56 Å². The maximum Gasteiger partial charge on any atom is 0.171 e. The van der Waals surface area contributed by atoms with Crippen molar-refractivity contribution in [3.05, 3.63) is 53.6 Å². The third-order valence-electron chi connectivity index (χ3n) is 2.54. The molecule has 1 heterocycles. The van der Waals surface area contributed by atoms with E-state index in [1.54, 1.807) is 24.3 Å². The normalized spacial score (nSPS) is 10.0. The second-order valence-electron chi connectivity index (χ2n) is 3.76. The van der Waals surface area contributed by atoms with Crippen LogP contribution in [0.4, 0.5) is 4.39 Å². The van der Waals surface area contributed by atoms with Crippen LogP contribution in [-0.2, 0) is 6.61 Å². The van der Waals surface area contributed by atoms with Crippen molar-refractivity contribution >= 4 is 6.29 Å². The van der Waals surface area contributed by atoms with Crippen LogP contribution in [0.15, 0.2) is 36.5 Å². The van der Waals surface area contributed by atoms with Gasteiger partial charge in [-0.2, -0.15) is 0 Å². The summed E-state index contributed by atoms with van der Waals surface area (Å²) in [6, 6.07) is 7.98. The number of methoxy groups -OCH3 is 1. The first-order valence-corrected chi connectivity index (χ1v) is 5.60. The largest absolute Gasteiger partial charge is 0.494 e. The Balaban J connectivity index is 2.07. The lowest BCUT2D eigenvalue weighted by Gasteiger charge is -2.09. The van der Waals surface area contributed by atoms with Crippen molar-refractivity contribution in [1.29, 1.82) is 0 Å². The molecule has 1 aromatic heterocycles. The maximum atomic E-state index is 13.8. The Kier molecular flexibility index (Phi) is 4.07. The lowest BCUT2D eigenvalue weighted by atomic mass is 10.2. The number of halogens is 1. The number of carbonyl (C=O) groups excluding carboxylic acids is 1. The fourth-order valence-electron chi connectivity index (χ4n) is 1.53. The molecular formula is C14H12FNO3. The van der Waals surface area contributed by atoms with E-state index >= 15 is 0 Å². The summed E-state index contributed by atoms with van der Waals surface area (Å²) in [4.78, 5) is 14.3. The van der Waals surface area contributed by atoms with Crippen molar-refractivity contribution in [2.45, 2.75) is 6.61 Å². The second kappa shape index (κ2) is 5.95. The number of hydrogen-bond donors (Lipinski definition) is 0. The Hall–Kier alpha value is -2.43. The minimum atomic E-state index is -0.442. The first kappa shape index (κ1) is 13.0. The first-order chi connectivity index (χ1) is 9.24. The number of pyridine rings is 1. The van der Waals surface area contributed by atoms with E-state index < -0.39 is 5.82 Å². The Bertz CT molecular complexity index is 569. The van der Waals surface area contributed by atoms with Crippen molar-refractivity contribution < 1.29 is 18.7 Å². The van der Waals surface area contributed by atoms with Crippen molar-refractivity contribution in [2.24, 2.45) is 0 Å². The van der Waals surface area contributed by atoms with Gasteiger partial charge in [-0.3, -0.25) is 4.79 Å². The van der Waals surface area contributed by atoms with E-state index in [0.29, 0.717) is 23.3 Å². The van der Waals surface area contributed by atoms with Crippen LogP contribution in [-0.4, -0.2) is 18.4 Å². The van der Waals surface area contributed by atoms with E-state index in [1.165, 1.54) is 19.4 Å². The highest BCUT2D eigenvalue weighted by atomic mass is 19.1. The average Bonchev–Trinajstić information content (AvgIpc) is 2.47. The molecule has 0 radical (unpaired) electrons. The lowest BCUT2D eigenvalue weighted by molar-refractivity contribution is 0.111. The summed E-state index contributed by atoms with van der Waals surface area (Å²) in [5.74, 6) is 0.200. The van der Waals surface area contributed by atoms with Crippen molar-refractivity contribution in [2.75, 3.05) is 7.11 Å². The molecule has 19 heavy (non-hydrogen) atoms. The highest BCUT2D eigenvalue weighted by Gasteiger charge is 2.08. The molecule has 0 spiro atoms. The summed E-state index contributed by atoms with van der Waals surface area (Å²) in [7, 11) is 1.41. The molecule has 0 fully saturated rings. The lowest BCUT2D eigenvalue weighted by Crippen LogP contribution is -2.01. The number of nitrogens with zero attached hydrogens (tertiary/aromatic N) is 1. The van der Waals surface area contributed by atoms with E-state index in [2.05, 4.69) is 4.98 Å². The Morgan fingerprint density at radius 3 is 2.79 bits per heavy atom. The number of benzene rings is 1. The summed E-state index contributed by atoms with van der Waals surface area (Å²) in [5, 5.41) is 0. The molecule has 4 nitrogen and oxygen atoms in total. The van der Waals surface area contributed by atoms with Crippen LogP contribution in [0, 0.1) is 5.82 Å². The van der Waals surface area contributed by atoms with Crippen LogP contribution >= 0.6 is 0 Å². The summed E-state index contributed by atoms with van der Waals surface area (Å²) in [5.41, 5.74) is 0.707. The van der Waals surface area contributed by atoms with E-state index in [4.69, 9.17) is 9.47 Å². The van der Waals surface area contributed by atoms with Gasteiger partial charge in [-0.25, -0.2) is 9.37 Å². The van der Waals surface area contributed by atoms with Crippen LogP contribution in [0.3, 0.4) is 0 Å². The molecule has 0 saturated carbocycles. The molecule has 5 heteroatoms. The number of carbonyl (C=O) groups is 1. The molecule has 1 aromatic carbocycles. The molecule has 0 aliphatic heterocycles. The highest BCUT2D eigenvalue weighted by Crippen LogP contribution is 2.21. The maximum absolute atomic E-state index is 13.8. The third-order valence-corrected chi connectivity index (χ3v) is 2.54.